The van der Waals surface area contributed by atoms with Crippen LogP contribution >= 0.6 is 0 Å². The van der Waals surface area contributed by atoms with Crippen molar-refractivity contribution in [3.8, 4) is 11.5 Å². The Balaban J connectivity index is 1.32. The normalized spacial score (nSPS) is 26.2. The van der Waals surface area contributed by atoms with E-state index in [4.69, 9.17) is 24.6 Å². The largest absolute Gasteiger partial charge is 0.458 e. The molecule has 0 aromatic heterocycles. The zero-order valence-corrected chi connectivity index (χ0v) is 54.1. The van der Waals surface area contributed by atoms with E-state index in [9.17, 15) is 52.7 Å². The topological polar surface area (TPSA) is 360 Å². The molecule has 4 saturated heterocycles. The molecule has 28 heteroatoms. The summed E-state index contributed by atoms with van der Waals surface area (Å²) in [5.41, 5.74) is 3.57. The van der Waals surface area contributed by atoms with Crippen molar-refractivity contribution in [2.24, 2.45) is 23.7 Å². The Morgan fingerprint density at radius 1 is 0.611 bits per heavy atom. The minimum Gasteiger partial charge on any atom is -0.458 e. The summed E-state index contributed by atoms with van der Waals surface area (Å²) in [6, 6.07) is -7.90. The summed E-state index contributed by atoms with van der Waals surface area (Å²) in [6.45, 7) is 18.4. The summed E-state index contributed by atoms with van der Waals surface area (Å²) in [4.78, 5) is 199. The van der Waals surface area contributed by atoms with Crippen LogP contribution in [-0.4, -0.2) is 220 Å². The maximum absolute atomic E-state index is 15.2. The number of ether oxygens (including phenoxy) is 2. The average Bonchev–Trinajstić information content (AvgIpc) is 0.893. The molecule has 4 fully saturated rings. The first-order chi connectivity index (χ1) is 42.1. The summed E-state index contributed by atoms with van der Waals surface area (Å²) in [7, 11) is 5.59. The van der Waals surface area contributed by atoms with E-state index in [1.54, 1.807) is 62.3 Å². The quantitative estimate of drug-likeness (QED) is 0.118. The van der Waals surface area contributed by atoms with Gasteiger partial charge in [-0.05, 0) is 88.7 Å². The van der Waals surface area contributed by atoms with Crippen molar-refractivity contribution in [2.75, 3.05) is 60.1 Å². The van der Waals surface area contributed by atoms with Crippen molar-refractivity contribution in [1.29, 1.82) is 0 Å². The zero-order valence-electron chi connectivity index (χ0n) is 54.1. The molecule has 7 rings (SSSR count). The van der Waals surface area contributed by atoms with E-state index in [2.05, 4.69) is 21.3 Å². The van der Waals surface area contributed by atoms with Gasteiger partial charge >= 0.3 is 11.9 Å². The van der Waals surface area contributed by atoms with Gasteiger partial charge in [-0.3, -0.25) is 52.7 Å². The number of fused-ring (bicyclic) bond motifs is 4. The molecule has 0 saturated carbocycles. The molecule has 0 spiro atoms. The third kappa shape index (κ3) is 13.7. The van der Waals surface area contributed by atoms with Gasteiger partial charge in [0.25, 0.3) is 11.8 Å². The highest BCUT2D eigenvalue weighted by Crippen LogP contribution is 2.35. The van der Waals surface area contributed by atoms with Crippen molar-refractivity contribution in [3.63, 3.8) is 0 Å². The molecular formula is C62H86N12O16. The molecule has 0 unspecified atom stereocenters. The van der Waals surface area contributed by atoms with Crippen LogP contribution in [0.2, 0.25) is 0 Å². The SMILES string of the molecule is Cc1c2oc3c(C)ccc(C(=O)N[C@@H]4C(=O)N[C@H](C(C)C)C(=O)N5CCC[C@@H]5C(=O)N(C)CC(=O)N(C)[C@@H](C(C)C)C(=O)O[C@H]4C)c3nc-2c(C(=O)N[C@@H]2C(=O)N[C@H](C(C)C)C(=O)N3CCC[C@H]3C(=O)N(C)CC(=O)N(C)[C@@H](C(C)C)C(=O)O[C@@H]2C)c(N)c1=O. The number of esters is 2. The van der Waals surface area contributed by atoms with Gasteiger partial charge in [0.2, 0.25) is 52.7 Å². The van der Waals surface area contributed by atoms with Crippen LogP contribution in [0, 0.1) is 37.5 Å². The lowest BCUT2D eigenvalue weighted by molar-refractivity contribution is -0.163. The molecule has 90 heavy (non-hydrogen) atoms. The highest BCUT2D eigenvalue weighted by atomic mass is 16.6. The third-order valence-electron chi connectivity index (χ3n) is 17.5. The molecule has 10 amide bonds. The highest BCUT2D eigenvalue weighted by molar-refractivity contribution is 6.10. The van der Waals surface area contributed by atoms with Crippen LogP contribution in [0.5, 0.6) is 0 Å². The maximum atomic E-state index is 15.2. The van der Waals surface area contributed by atoms with Crippen LogP contribution in [0.15, 0.2) is 21.3 Å². The van der Waals surface area contributed by atoms with Gasteiger partial charge in [0.1, 0.15) is 71.8 Å². The minimum atomic E-state index is -1.88. The number of hydrogen-bond donors (Lipinski definition) is 5. The van der Waals surface area contributed by atoms with Gasteiger partial charge in [-0.25, -0.2) is 14.6 Å². The molecule has 5 heterocycles. The number of cyclic esters (lactones) is 2. The Hall–Kier alpha value is -8.72. The molecule has 490 valence electrons. The zero-order chi connectivity index (χ0) is 67.0. The molecule has 6 N–H and O–H groups in total. The summed E-state index contributed by atoms with van der Waals surface area (Å²) in [6.07, 6.45) is -1.65. The number of aryl methyl sites for hydroxylation is 1. The van der Waals surface area contributed by atoms with Gasteiger partial charge in [0.05, 0.1) is 29.9 Å². The number of nitrogen functional groups attached to an aromatic ring is 1. The standard InChI is InChI=1S/C62H86N12O16/c1-27(2)42-59(84)73-23-17-19-36(73)57(82)69(13)25-38(75)71(15)48(29(5)6)61(86)88-33(11)44(55(80)65-42)67-53(78)35-22-21-31(9)51-46(35)64-47-40(41(63)50(77)32(10)52(47)90-51)54(79)68-45-34(12)89-62(87)49(30(7)8)72(16)39(76)26-70(14)58(83)37-20-18-24-74(37)60(85)43(28(3)4)66-56(45)81/h21-22,27-30,33-34,36-37,42-45,48-49H,17-20,23-26,63H2,1-16H3,(H,65,80)(H,66,81)(H,67,78)(H,68,79)/t33-,34+,36+,37-,42+,43+,44-,45-,48-,49-/m0/s1. The molecule has 28 nitrogen and oxygen atoms in total. The van der Waals surface area contributed by atoms with Gasteiger partial charge in [-0.1, -0.05) is 61.5 Å². The predicted octanol–water partition coefficient (Wildman–Crippen LogP) is 0.726. The maximum Gasteiger partial charge on any atom is 0.329 e. The van der Waals surface area contributed by atoms with E-state index in [1.807, 2.05) is 0 Å². The number of carbonyl (C=O) groups is 12. The van der Waals surface area contributed by atoms with Crippen LogP contribution in [0.25, 0.3) is 22.6 Å². The second-order valence-electron chi connectivity index (χ2n) is 25.5. The Morgan fingerprint density at radius 2 is 1.03 bits per heavy atom. The first-order valence-electron chi connectivity index (χ1n) is 30.5. The number of anilines is 1. The van der Waals surface area contributed by atoms with Crippen molar-refractivity contribution in [2.45, 2.75) is 169 Å². The number of likely N-dealkylation sites (N-methyl/N-ethyl adjacent to an activating group) is 4. The van der Waals surface area contributed by atoms with Gasteiger partial charge < -0.3 is 70.3 Å². The van der Waals surface area contributed by atoms with Crippen LogP contribution in [0.3, 0.4) is 0 Å². The Kier molecular flexibility index (Phi) is 21.1. The number of benzene rings is 2. The highest BCUT2D eigenvalue weighted by Gasteiger charge is 2.46. The van der Waals surface area contributed by atoms with E-state index in [0.29, 0.717) is 18.4 Å². The van der Waals surface area contributed by atoms with E-state index in [-0.39, 0.29) is 53.9 Å². The molecular weight excluding hydrogens is 1170 g/mol. The molecule has 10 atom stereocenters. The van der Waals surface area contributed by atoms with Crippen LogP contribution < -0.4 is 32.4 Å². The minimum absolute atomic E-state index is 0.0763. The number of nitrogens with one attached hydrogen (secondary N) is 4. The summed E-state index contributed by atoms with van der Waals surface area (Å²) < 4.78 is 18.3. The fourth-order valence-corrected chi connectivity index (χ4v) is 12.3. The van der Waals surface area contributed by atoms with Crippen LogP contribution in [0.1, 0.15) is 127 Å². The molecule has 1 aliphatic carbocycles. The smallest absolute Gasteiger partial charge is 0.329 e. The van der Waals surface area contributed by atoms with E-state index in [0.717, 1.165) is 9.80 Å². The van der Waals surface area contributed by atoms with Gasteiger partial charge in [-0.2, -0.15) is 0 Å². The Morgan fingerprint density at radius 3 is 1.44 bits per heavy atom. The van der Waals surface area contributed by atoms with Crippen molar-refractivity contribution in [3.05, 3.63) is 44.6 Å². The molecule has 0 bridgehead atoms. The second-order valence-corrected chi connectivity index (χ2v) is 25.5. The van der Waals surface area contributed by atoms with E-state index in [1.165, 1.54) is 80.7 Å². The third-order valence-corrected chi connectivity index (χ3v) is 17.5. The fraction of sp³-hybridized carbons (Fsp3) is 0.613. The van der Waals surface area contributed by atoms with Gasteiger partial charge in [0.15, 0.2) is 11.3 Å². The Labute approximate surface area is 522 Å². The monoisotopic (exact) mass is 1250 g/mol. The summed E-state index contributed by atoms with van der Waals surface area (Å²) in [5, 5.41) is 10.7. The second kappa shape index (κ2) is 27.6. The van der Waals surface area contributed by atoms with Gasteiger partial charge in [-0.15, -0.1) is 0 Å². The molecule has 0 radical (unpaired) electrons. The summed E-state index contributed by atoms with van der Waals surface area (Å²) >= 11 is 0. The lowest BCUT2D eigenvalue weighted by Crippen LogP contribution is -2.61. The van der Waals surface area contributed by atoms with Crippen molar-refractivity contribution < 1.29 is 71.4 Å². The number of nitrogens with zero attached hydrogens (tertiary/aromatic N) is 7. The van der Waals surface area contributed by atoms with Crippen molar-refractivity contribution in [1.82, 2.24) is 55.7 Å². The van der Waals surface area contributed by atoms with Gasteiger partial charge in [0, 0.05) is 46.8 Å². The molecule has 5 aliphatic heterocycles. The first kappa shape index (κ1) is 68.8. The van der Waals surface area contributed by atoms with Crippen LogP contribution in [0.4, 0.5) is 5.69 Å². The lowest BCUT2D eigenvalue weighted by atomic mass is 9.98. The molecule has 1 aromatic carbocycles. The lowest BCUT2D eigenvalue weighted by Gasteiger charge is -2.36. The fourth-order valence-electron chi connectivity index (χ4n) is 12.3. The number of rotatable bonds is 8. The first-order valence-corrected chi connectivity index (χ1v) is 30.5. The number of carbonyl (C=O) groups excluding carboxylic acids is 12. The van der Waals surface area contributed by atoms with Crippen molar-refractivity contribution >= 4 is 87.8 Å². The van der Waals surface area contributed by atoms with E-state index >= 15 is 9.59 Å². The summed E-state index contributed by atoms with van der Waals surface area (Å²) in [5.74, 6) is -12.4. The van der Waals surface area contributed by atoms with Crippen LogP contribution in [-0.2, 0) is 57.4 Å². The van der Waals surface area contributed by atoms with E-state index < -0.39 is 191 Å². The Bertz CT molecular complexity index is 3420. The predicted molar refractivity (Wildman–Crippen MR) is 325 cm³/mol. The number of aromatic nitrogens is 1. The average molecular weight is 1260 g/mol. The number of amides is 10. The number of nitrogens with two attached hydrogens (primary N) is 1. The molecule has 1 aromatic rings. The molecule has 6 aliphatic rings. The number of hydrogen-bond acceptors (Lipinski definition) is 18.